The highest BCUT2D eigenvalue weighted by molar-refractivity contribution is 6.31. The zero-order chi connectivity index (χ0) is 15.6. The van der Waals surface area contributed by atoms with Gasteiger partial charge in [0.15, 0.2) is 0 Å². The normalized spacial score (nSPS) is 10.4. The molecule has 5 heteroatoms. The smallest absolute Gasteiger partial charge is 0.254 e. The van der Waals surface area contributed by atoms with Gasteiger partial charge in [-0.05, 0) is 54.4 Å². The number of hydrogen-bond acceptors (Lipinski definition) is 3. The van der Waals surface area contributed by atoms with E-state index in [0.717, 1.165) is 11.1 Å². The Hall–Kier alpha value is -2.20. The van der Waals surface area contributed by atoms with E-state index in [9.17, 15) is 9.90 Å². The molecular formula is C16H17ClN2O2. The predicted molar refractivity (Wildman–Crippen MR) is 84.5 cm³/mol. The summed E-state index contributed by atoms with van der Waals surface area (Å²) < 4.78 is 0. The number of nitrogens with two attached hydrogens (primary N) is 1. The molecule has 2 rings (SSSR count). The van der Waals surface area contributed by atoms with Crippen LogP contribution in [-0.2, 0) is 6.54 Å². The number of nitrogens with zero attached hydrogens (tertiary/aromatic N) is 1. The largest absolute Gasteiger partial charge is 0.508 e. The molecule has 0 fully saturated rings. The molecule has 0 spiro atoms. The summed E-state index contributed by atoms with van der Waals surface area (Å²) in [6.45, 7) is 2.15. The summed E-state index contributed by atoms with van der Waals surface area (Å²) in [5.41, 5.74) is 8.42. The van der Waals surface area contributed by atoms with E-state index in [0.29, 0.717) is 22.8 Å². The summed E-state index contributed by atoms with van der Waals surface area (Å²) >= 11 is 6.12. The van der Waals surface area contributed by atoms with Crippen molar-refractivity contribution in [2.24, 2.45) is 0 Å². The van der Waals surface area contributed by atoms with Crippen molar-refractivity contribution in [3.63, 3.8) is 0 Å². The van der Waals surface area contributed by atoms with Crippen LogP contribution < -0.4 is 5.73 Å². The monoisotopic (exact) mass is 304 g/mol. The number of carbonyl (C=O) groups excluding carboxylic acids is 1. The number of aromatic hydroxyl groups is 1. The van der Waals surface area contributed by atoms with Gasteiger partial charge in [0.1, 0.15) is 5.75 Å². The Morgan fingerprint density at radius 2 is 2.00 bits per heavy atom. The minimum atomic E-state index is -0.133. The lowest BCUT2D eigenvalue weighted by atomic mass is 10.1. The van der Waals surface area contributed by atoms with Gasteiger partial charge in [-0.1, -0.05) is 11.6 Å². The van der Waals surface area contributed by atoms with E-state index in [2.05, 4.69) is 0 Å². The Morgan fingerprint density at radius 1 is 1.29 bits per heavy atom. The Bertz CT molecular complexity index is 686. The highest BCUT2D eigenvalue weighted by Gasteiger charge is 2.15. The van der Waals surface area contributed by atoms with Gasteiger partial charge in [0.05, 0.1) is 0 Å². The van der Waals surface area contributed by atoms with Gasteiger partial charge >= 0.3 is 0 Å². The van der Waals surface area contributed by atoms with Crippen LogP contribution in [-0.4, -0.2) is 23.0 Å². The standard InChI is InChI=1S/C16H17ClN2O2/c1-10-7-13(20)4-5-14(10)16(21)19(2)9-11-8-12(18)3-6-15(11)17/h3-8,20H,9,18H2,1-2H3. The SMILES string of the molecule is Cc1cc(O)ccc1C(=O)N(C)Cc1cc(N)ccc1Cl. The lowest BCUT2D eigenvalue weighted by molar-refractivity contribution is 0.0784. The van der Waals surface area contributed by atoms with Gasteiger partial charge in [0.25, 0.3) is 5.91 Å². The lowest BCUT2D eigenvalue weighted by Crippen LogP contribution is -2.27. The molecule has 0 bridgehead atoms. The molecule has 0 radical (unpaired) electrons. The summed E-state index contributed by atoms with van der Waals surface area (Å²) in [5, 5.41) is 9.98. The maximum atomic E-state index is 12.4. The molecule has 2 aromatic rings. The Labute approximate surface area is 128 Å². The van der Waals surface area contributed by atoms with E-state index in [1.807, 2.05) is 0 Å². The number of amides is 1. The number of nitrogen functional groups attached to an aromatic ring is 1. The van der Waals surface area contributed by atoms with Crippen LogP contribution in [0.25, 0.3) is 0 Å². The third-order valence-electron chi connectivity index (χ3n) is 3.26. The van der Waals surface area contributed by atoms with Crippen molar-refractivity contribution >= 4 is 23.2 Å². The van der Waals surface area contributed by atoms with Crippen molar-refractivity contribution in [1.82, 2.24) is 4.90 Å². The van der Waals surface area contributed by atoms with Gasteiger partial charge in [-0.2, -0.15) is 0 Å². The van der Waals surface area contributed by atoms with Crippen molar-refractivity contribution in [2.45, 2.75) is 13.5 Å². The molecule has 0 heterocycles. The molecular weight excluding hydrogens is 288 g/mol. The first-order chi connectivity index (χ1) is 9.88. The summed E-state index contributed by atoms with van der Waals surface area (Å²) in [4.78, 5) is 14.0. The first kappa shape index (κ1) is 15.2. The second-order valence-corrected chi connectivity index (χ2v) is 5.42. The fraction of sp³-hybridized carbons (Fsp3) is 0.188. The van der Waals surface area contributed by atoms with E-state index in [1.165, 1.54) is 6.07 Å². The molecule has 0 saturated carbocycles. The second kappa shape index (κ2) is 6.06. The van der Waals surface area contributed by atoms with Crippen LogP contribution in [0.5, 0.6) is 5.75 Å². The average molecular weight is 305 g/mol. The van der Waals surface area contributed by atoms with Gasteiger partial charge in [-0.15, -0.1) is 0 Å². The van der Waals surface area contributed by atoms with Crippen LogP contribution in [0.4, 0.5) is 5.69 Å². The lowest BCUT2D eigenvalue weighted by Gasteiger charge is -2.19. The molecule has 0 aliphatic heterocycles. The number of aryl methyl sites for hydroxylation is 1. The first-order valence-corrected chi connectivity index (χ1v) is 6.85. The van der Waals surface area contributed by atoms with Crippen LogP contribution in [0.1, 0.15) is 21.5 Å². The summed E-state index contributed by atoms with van der Waals surface area (Å²) in [7, 11) is 1.70. The molecule has 2 aromatic carbocycles. The number of benzene rings is 2. The molecule has 0 aliphatic carbocycles. The topological polar surface area (TPSA) is 66.6 Å². The van der Waals surface area contributed by atoms with Crippen molar-refractivity contribution in [3.05, 3.63) is 58.1 Å². The van der Waals surface area contributed by atoms with E-state index in [4.69, 9.17) is 17.3 Å². The highest BCUT2D eigenvalue weighted by Crippen LogP contribution is 2.22. The first-order valence-electron chi connectivity index (χ1n) is 6.47. The maximum absolute atomic E-state index is 12.4. The van der Waals surface area contributed by atoms with E-state index >= 15 is 0 Å². The molecule has 0 saturated heterocycles. The third-order valence-corrected chi connectivity index (χ3v) is 3.63. The number of anilines is 1. The highest BCUT2D eigenvalue weighted by atomic mass is 35.5. The van der Waals surface area contributed by atoms with Crippen molar-refractivity contribution in [3.8, 4) is 5.75 Å². The van der Waals surface area contributed by atoms with Gasteiger partial charge in [-0.25, -0.2) is 0 Å². The van der Waals surface area contributed by atoms with Crippen LogP contribution in [0.3, 0.4) is 0 Å². The predicted octanol–water partition coefficient (Wildman–Crippen LogP) is 3.21. The third kappa shape index (κ3) is 3.47. The van der Waals surface area contributed by atoms with Crippen molar-refractivity contribution in [2.75, 3.05) is 12.8 Å². The quantitative estimate of drug-likeness (QED) is 0.856. The molecule has 1 amide bonds. The number of halogens is 1. The van der Waals surface area contributed by atoms with Gasteiger partial charge in [-0.3, -0.25) is 4.79 Å². The minimum absolute atomic E-state index is 0.133. The van der Waals surface area contributed by atoms with E-state index < -0.39 is 0 Å². The minimum Gasteiger partial charge on any atom is -0.508 e. The van der Waals surface area contributed by atoms with Crippen LogP contribution in [0, 0.1) is 6.92 Å². The number of phenols is 1. The molecule has 21 heavy (non-hydrogen) atoms. The number of rotatable bonds is 3. The van der Waals surface area contributed by atoms with Crippen LogP contribution >= 0.6 is 11.6 Å². The van der Waals surface area contributed by atoms with E-state index in [-0.39, 0.29) is 11.7 Å². The van der Waals surface area contributed by atoms with Crippen molar-refractivity contribution < 1.29 is 9.90 Å². The van der Waals surface area contributed by atoms with Gasteiger partial charge < -0.3 is 15.7 Å². The van der Waals surface area contributed by atoms with Crippen LogP contribution in [0.2, 0.25) is 5.02 Å². The van der Waals surface area contributed by atoms with Gasteiger partial charge in [0, 0.05) is 29.9 Å². The Morgan fingerprint density at radius 3 is 2.67 bits per heavy atom. The van der Waals surface area contributed by atoms with Crippen LogP contribution in [0.15, 0.2) is 36.4 Å². The molecule has 110 valence electrons. The molecule has 0 aromatic heterocycles. The Kier molecular flexibility index (Phi) is 4.38. The average Bonchev–Trinajstić information content (AvgIpc) is 2.42. The zero-order valence-electron chi connectivity index (χ0n) is 11.9. The number of carbonyl (C=O) groups is 1. The molecule has 0 aliphatic rings. The molecule has 4 nitrogen and oxygen atoms in total. The number of hydrogen-bond donors (Lipinski definition) is 2. The maximum Gasteiger partial charge on any atom is 0.254 e. The zero-order valence-corrected chi connectivity index (χ0v) is 12.7. The van der Waals surface area contributed by atoms with E-state index in [1.54, 1.807) is 49.2 Å². The Balaban J connectivity index is 2.21. The van der Waals surface area contributed by atoms with Crippen molar-refractivity contribution in [1.29, 1.82) is 0 Å². The number of phenolic OH excluding ortho intramolecular Hbond substituents is 1. The second-order valence-electron chi connectivity index (χ2n) is 5.01. The molecule has 0 atom stereocenters. The van der Waals surface area contributed by atoms with Gasteiger partial charge in [0.2, 0.25) is 0 Å². The summed E-state index contributed by atoms with van der Waals surface area (Å²) in [5.74, 6) is 0.0107. The molecule has 3 N–H and O–H groups in total. The fourth-order valence-corrected chi connectivity index (χ4v) is 2.31. The summed E-state index contributed by atoms with van der Waals surface area (Å²) in [6.07, 6.45) is 0. The fourth-order valence-electron chi connectivity index (χ4n) is 2.14. The molecule has 0 unspecified atom stereocenters. The summed E-state index contributed by atoms with van der Waals surface area (Å²) in [6, 6.07) is 9.88.